The van der Waals surface area contributed by atoms with Crippen molar-refractivity contribution in [3.63, 3.8) is 0 Å². The van der Waals surface area contributed by atoms with Crippen LogP contribution >= 0.6 is 0 Å². The van der Waals surface area contributed by atoms with Crippen molar-refractivity contribution in [1.29, 1.82) is 0 Å². The minimum absolute atomic E-state index is 0.167. The van der Waals surface area contributed by atoms with Crippen LogP contribution in [0.4, 0.5) is 11.8 Å². The highest BCUT2D eigenvalue weighted by Crippen LogP contribution is 2.45. The van der Waals surface area contributed by atoms with Crippen molar-refractivity contribution in [2.45, 2.75) is 39.7 Å². The quantitative estimate of drug-likeness (QED) is 0.836. The van der Waals surface area contributed by atoms with Crippen LogP contribution in [0.1, 0.15) is 44.4 Å². The lowest BCUT2D eigenvalue weighted by atomic mass is 9.89. The molecule has 4 N–H and O–H groups in total. The molecule has 0 aliphatic carbocycles. The molecule has 27 heavy (non-hydrogen) atoms. The molecule has 0 spiro atoms. The van der Waals surface area contributed by atoms with Crippen LogP contribution in [0.5, 0.6) is 11.5 Å². The number of ether oxygens (including phenoxy) is 2. The average molecular weight is 366 g/mol. The maximum atomic E-state index is 6.22. The number of hydrogen-bond donors (Lipinski definition) is 2. The fourth-order valence-electron chi connectivity index (χ4n) is 3.19. The Labute approximate surface area is 159 Å². The van der Waals surface area contributed by atoms with E-state index in [0.717, 1.165) is 33.6 Å². The summed E-state index contributed by atoms with van der Waals surface area (Å²) in [5, 5.41) is 0. The maximum absolute atomic E-state index is 6.22. The second-order valence-electron chi connectivity index (χ2n) is 7.26. The lowest BCUT2D eigenvalue weighted by molar-refractivity contribution is 0.149. The number of nitrogens with zero attached hydrogens (tertiary/aromatic N) is 2. The lowest BCUT2D eigenvalue weighted by Crippen LogP contribution is -2.29. The molecule has 0 radical (unpaired) electrons. The number of nitrogen functional groups attached to an aromatic ring is 2. The van der Waals surface area contributed by atoms with Crippen molar-refractivity contribution in [3.8, 4) is 11.5 Å². The highest BCUT2D eigenvalue weighted by molar-refractivity contribution is 5.85. The van der Waals surface area contributed by atoms with Crippen LogP contribution in [0.15, 0.2) is 36.6 Å². The molecule has 3 rings (SSSR count). The maximum Gasteiger partial charge on any atom is 0.221 e. The van der Waals surface area contributed by atoms with Gasteiger partial charge >= 0.3 is 0 Å². The molecule has 0 amide bonds. The van der Waals surface area contributed by atoms with E-state index in [1.165, 1.54) is 0 Å². The predicted molar refractivity (Wildman–Crippen MR) is 109 cm³/mol. The number of aromatic nitrogens is 2. The summed E-state index contributed by atoms with van der Waals surface area (Å²) in [6, 6.07) is 4.07. The smallest absolute Gasteiger partial charge is 0.221 e. The van der Waals surface area contributed by atoms with E-state index in [1.807, 2.05) is 33.8 Å². The van der Waals surface area contributed by atoms with Gasteiger partial charge < -0.3 is 20.9 Å². The van der Waals surface area contributed by atoms with E-state index in [-0.39, 0.29) is 5.95 Å². The van der Waals surface area contributed by atoms with Crippen molar-refractivity contribution in [1.82, 2.24) is 9.97 Å². The highest BCUT2D eigenvalue weighted by atomic mass is 16.5. The second kappa shape index (κ2) is 6.95. The molecule has 0 saturated carbocycles. The van der Waals surface area contributed by atoms with Gasteiger partial charge in [0.15, 0.2) is 11.5 Å². The second-order valence-corrected chi connectivity index (χ2v) is 7.26. The molecule has 6 heteroatoms. The third-order valence-electron chi connectivity index (χ3n) is 4.33. The molecule has 0 unspecified atom stereocenters. The number of nitrogens with two attached hydrogens (primary N) is 2. The summed E-state index contributed by atoms with van der Waals surface area (Å²) < 4.78 is 12.1. The third-order valence-corrected chi connectivity index (χ3v) is 4.33. The normalized spacial score (nSPS) is 14.7. The minimum Gasteiger partial charge on any atom is -0.490 e. The molecule has 1 aliphatic rings. The van der Waals surface area contributed by atoms with E-state index in [0.29, 0.717) is 24.6 Å². The van der Waals surface area contributed by atoms with E-state index in [4.69, 9.17) is 20.9 Å². The first kappa shape index (κ1) is 18.8. The average Bonchev–Trinajstić information content (AvgIpc) is 2.57. The molecule has 1 aliphatic heterocycles. The fraction of sp³-hybridized carbons (Fsp3) is 0.333. The summed E-state index contributed by atoms with van der Waals surface area (Å²) in [6.07, 6.45) is 4.32. The van der Waals surface area contributed by atoms with Crippen molar-refractivity contribution < 1.29 is 9.47 Å². The van der Waals surface area contributed by atoms with Gasteiger partial charge in [-0.05, 0) is 57.0 Å². The number of rotatable bonds is 5. The molecule has 1 aromatic heterocycles. The minimum atomic E-state index is -0.441. The summed E-state index contributed by atoms with van der Waals surface area (Å²) >= 11 is 0. The van der Waals surface area contributed by atoms with Crippen molar-refractivity contribution in [2.24, 2.45) is 0 Å². The zero-order valence-electron chi connectivity index (χ0n) is 16.3. The van der Waals surface area contributed by atoms with Gasteiger partial charge in [0.05, 0.1) is 6.61 Å². The summed E-state index contributed by atoms with van der Waals surface area (Å²) in [4.78, 5) is 8.09. The Bertz CT molecular complexity index is 932. The van der Waals surface area contributed by atoms with Crippen molar-refractivity contribution >= 4 is 17.3 Å². The summed E-state index contributed by atoms with van der Waals surface area (Å²) in [7, 11) is 0. The number of allylic oxidation sites excluding steroid dienone is 2. The van der Waals surface area contributed by atoms with E-state index < -0.39 is 5.60 Å². The number of fused-ring (bicyclic) bond motifs is 1. The van der Waals surface area contributed by atoms with E-state index >= 15 is 0 Å². The van der Waals surface area contributed by atoms with E-state index in [1.54, 1.807) is 6.20 Å². The third kappa shape index (κ3) is 3.89. The topological polar surface area (TPSA) is 96.3 Å². The Balaban J connectivity index is 2.11. The largest absolute Gasteiger partial charge is 0.490 e. The van der Waals surface area contributed by atoms with Gasteiger partial charge in [-0.3, -0.25) is 0 Å². The van der Waals surface area contributed by atoms with E-state index in [2.05, 4.69) is 28.7 Å². The van der Waals surface area contributed by atoms with Gasteiger partial charge in [0, 0.05) is 23.7 Å². The molecular formula is C21H26N4O2. The number of benzene rings is 1. The number of anilines is 2. The van der Waals surface area contributed by atoms with Crippen LogP contribution in [0.3, 0.4) is 0 Å². The Kier molecular flexibility index (Phi) is 4.83. The van der Waals surface area contributed by atoms with Gasteiger partial charge in [0.2, 0.25) is 5.95 Å². The zero-order valence-corrected chi connectivity index (χ0v) is 16.3. The highest BCUT2D eigenvalue weighted by Gasteiger charge is 2.30. The first-order valence-corrected chi connectivity index (χ1v) is 8.95. The number of hydrogen-bond acceptors (Lipinski definition) is 6. The fourth-order valence-corrected chi connectivity index (χ4v) is 3.19. The van der Waals surface area contributed by atoms with Gasteiger partial charge in [0.25, 0.3) is 0 Å². The van der Waals surface area contributed by atoms with Gasteiger partial charge in [-0.25, -0.2) is 4.98 Å². The molecule has 0 fully saturated rings. The predicted octanol–water partition coefficient (Wildman–Crippen LogP) is 3.76. The Morgan fingerprint density at radius 1 is 1.30 bits per heavy atom. The molecule has 2 aromatic rings. The molecule has 0 bridgehead atoms. The van der Waals surface area contributed by atoms with Crippen LogP contribution in [-0.2, 0) is 6.42 Å². The SMILES string of the molecule is C=C(C)C1=CC(C)(C)Oc2c(OCC)cc(Cc3cnc(N)nc3N)cc21. The van der Waals surface area contributed by atoms with Crippen molar-refractivity contribution in [3.05, 3.63) is 53.2 Å². The molecule has 0 saturated heterocycles. The van der Waals surface area contributed by atoms with Crippen molar-refractivity contribution in [2.75, 3.05) is 18.1 Å². The molecule has 2 heterocycles. The molecule has 142 valence electrons. The first-order valence-electron chi connectivity index (χ1n) is 8.95. The summed E-state index contributed by atoms with van der Waals surface area (Å²) in [6.45, 7) is 12.7. The molecule has 1 aromatic carbocycles. The van der Waals surface area contributed by atoms with Crippen LogP contribution in [-0.4, -0.2) is 22.2 Å². The lowest BCUT2D eigenvalue weighted by Gasteiger charge is -2.33. The Morgan fingerprint density at radius 2 is 2.04 bits per heavy atom. The van der Waals surface area contributed by atoms with Crippen LogP contribution in [0.25, 0.3) is 5.57 Å². The Morgan fingerprint density at radius 3 is 2.67 bits per heavy atom. The molecule has 0 atom stereocenters. The van der Waals surface area contributed by atoms with Crippen LogP contribution in [0, 0.1) is 0 Å². The summed E-state index contributed by atoms with van der Waals surface area (Å²) in [5.41, 5.74) is 16.0. The zero-order chi connectivity index (χ0) is 19.8. The van der Waals surface area contributed by atoms with Gasteiger partial charge in [-0.1, -0.05) is 12.2 Å². The van der Waals surface area contributed by atoms with Gasteiger partial charge in [-0.2, -0.15) is 4.98 Å². The van der Waals surface area contributed by atoms with Gasteiger partial charge in [0.1, 0.15) is 11.4 Å². The molecular weight excluding hydrogens is 340 g/mol. The van der Waals surface area contributed by atoms with Crippen LogP contribution in [0.2, 0.25) is 0 Å². The standard InChI is InChI=1S/C21H26N4O2/c1-6-26-17-9-13(7-14-11-24-20(23)25-19(14)22)8-15-16(12(2)3)10-21(4,5)27-18(15)17/h8-11H,2,6-7H2,1,3-5H3,(H4,22,23,24,25). The van der Waals surface area contributed by atoms with E-state index in [9.17, 15) is 0 Å². The van der Waals surface area contributed by atoms with Crippen LogP contribution < -0.4 is 20.9 Å². The first-order chi connectivity index (χ1) is 12.7. The molecule has 6 nitrogen and oxygen atoms in total. The van der Waals surface area contributed by atoms with Gasteiger partial charge in [-0.15, -0.1) is 0 Å². The Hall–Kier alpha value is -3.02. The summed E-state index contributed by atoms with van der Waals surface area (Å²) in [5.74, 6) is 2.00. The monoisotopic (exact) mass is 366 g/mol.